The maximum Gasteiger partial charge on any atom is 0.100 e. The Hall–Kier alpha value is -1.34. The molecule has 62 valence electrons. The Morgan fingerprint density at radius 1 is 1.50 bits per heavy atom. The lowest BCUT2D eigenvalue weighted by molar-refractivity contribution is 0.678. The third kappa shape index (κ3) is 1.63. The molecule has 0 bridgehead atoms. The van der Waals surface area contributed by atoms with Crippen molar-refractivity contribution >= 4 is 9.73 Å². The Balaban J connectivity index is 3.47. The van der Waals surface area contributed by atoms with Crippen molar-refractivity contribution in [2.24, 2.45) is 0 Å². The van der Waals surface area contributed by atoms with Crippen LogP contribution in [-0.2, 0) is 9.73 Å². The smallest absolute Gasteiger partial charge is 0.100 e. The number of rotatable bonds is 1. The molecule has 0 saturated heterocycles. The van der Waals surface area contributed by atoms with Crippen molar-refractivity contribution in [1.82, 2.24) is 0 Å². The average Bonchev–Trinajstić information content (AvgIpc) is 2.03. The van der Waals surface area contributed by atoms with E-state index in [2.05, 4.69) is 0 Å². The molecule has 0 fully saturated rings. The van der Waals surface area contributed by atoms with E-state index in [0.717, 1.165) is 0 Å². The van der Waals surface area contributed by atoms with Gasteiger partial charge >= 0.3 is 0 Å². The number of nitrogens with zero attached hydrogens (tertiary/aromatic N) is 1. The van der Waals surface area contributed by atoms with Crippen LogP contribution >= 0.6 is 0 Å². The van der Waals surface area contributed by atoms with Gasteiger partial charge in [-0.3, -0.25) is 0 Å². The molecule has 0 aliphatic rings. The lowest BCUT2D eigenvalue weighted by atomic mass is 10.2. The molecule has 3 nitrogen and oxygen atoms in total. The van der Waals surface area contributed by atoms with Gasteiger partial charge in [-0.05, 0) is 12.1 Å². The zero-order valence-corrected chi connectivity index (χ0v) is 7.39. The molecule has 0 aliphatic carbocycles. The van der Waals surface area contributed by atoms with E-state index in [1.165, 1.54) is 6.26 Å². The van der Waals surface area contributed by atoms with Gasteiger partial charge in [-0.2, -0.15) is 5.26 Å². The van der Waals surface area contributed by atoms with E-state index in [-0.39, 0.29) is 0 Å². The van der Waals surface area contributed by atoms with Crippen LogP contribution in [-0.4, -0.2) is 10.5 Å². The Bertz CT molecular complexity index is 429. The molecule has 0 aliphatic heterocycles. The average molecular weight is 180 g/mol. The van der Waals surface area contributed by atoms with E-state index >= 15 is 0 Å². The van der Waals surface area contributed by atoms with Gasteiger partial charge in [-0.1, -0.05) is 12.1 Å². The van der Waals surface area contributed by atoms with Crippen LogP contribution < -0.4 is 0 Å². The van der Waals surface area contributed by atoms with Crippen LogP contribution in [0, 0.1) is 16.1 Å². The van der Waals surface area contributed by atoms with Crippen LogP contribution in [0.2, 0.25) is 0 Å². The minimum Gasteiger partial charge on any atom is -0.249 e. The predicted molar refractivity (Wildman–Crippen MR) is 46.2 cm³/mol. The first-order valence-electron chi connectivity index (χ1n) is 3.28. The summed E-state index contributed by atoms with van der Waals surface area (Å²) < 4.78 is 18.6. The van der Waals surface area contributed by atoms with E-state index < -0.39 is 9.73 Å². The zero-order chi connectivity index (χ0) is 9.19. The van der Waals surface area contributed by atoms with Crippen molar-refractivity contribution in [2.75, 3.05) is 6.26 Å². The van der Waals surface area contributed by atoms with Crippen molar-refractivity contribution in [2.45, 2.75) is 4.90 Å². The maximum absolute atomic E-state index is 11.3. The molecular formula is C8H8N2OS. The minimum absolute atomic E-state index is 0.313. The fraction of sp³-hybridized carbons (Fsp3) is 0.125. The fourth-order valence-electron chi connectivity index (χ4n) is 0.899. The lowest BCUT2D eigenvalue weighted by Gasteiger charge is -2.01. The van der Waals surface area contributed by atoms with Crippen LogP contribution in [0.5, 0.6) is 0 Å². The van der Waals surface area contributed by atoms with E-state index in [1.54, 1.807) is 24.3 Å². The molecule has 0 radical (unpaired) electrons. The van der Waals surface area contributed by atoms with E-state index in [9.17, 15) is 4.21 Å². The summed E-state index contributed by atoms with van der Waals surface area (Å²) in [5.41, 5.74) is 0.319. The highest BCUT2D eigenvalue weighted by molar-refractivity contribution is 7.91. The highest BCUT2D eigenvalue weighted by Gasteiger charge is 2.07. The number of nitrogens with one attached hydrogen (secondary N) is 1. The summed E-state index contributed by atoms with van der Waals surface area (Å²) in [6.45, 7) is 0. The second-order valence-corrected chi connectivity index (χ2v) is 4.58. The highest BCUT2D eigenvalue weighted by atomic mass is 32.2. The monoisotopic (exact) mass is 180 g/mol. The molecule has 12 heavy (non-hydrogen) atoms. The van der Waals surface area contributed by atoms with E-state index in [1.807, 2.05) is 6.07 Å². The molecule has 1 N–H and O–H groups in total. The molecule has 1 unspecified atom stereocenters. The predicted octanol–water partition coefficient (Wildman–Crippen LogP) is 1.59. The zero-order valence-electron chi connectivity index (χ0n) is 6.57. The van der Waals surface area contributed by atoms with Gasteiger partial charge in [0.2, 0.25) is 0 Å². The van der Waals surface area contributed by atoms with Gasteiger partial charge in [0, 0.05) is 6.26 Å². The Kier molecular flexibility index (Phi) is 2.15. The Morgan fingerprint density at radius 2 is 2.08 bits per heavy atom. The van der Waals surface area contributed by atoms with Gasteiger partial charge < -0.3 is 0 Å². The molecular weight excluding hydrogens is 172 g/mol. The molecule has 0 saturated carbocycles. The summed E-state index contributed by atoms with van der Waals surface area (Å²) in [4.78, 5) is 0.313. The van der Waals surface area contributed by atoms with Crippen LogP contribution in [0.4, 0.5) is 0 Å². The molecule has 1 rings (SSSR count). The molecule has 1 atom stereocenters. The lowest BCUT2D eigenvalue weighted by Crippen LogP contribution is -1.97. The summed E-state index contributed by atoms with van der Waals surface area (Å²) in [7, 11) is -2.77. The van der Waals surface area contributed by atoms with E-state index in [4.69, 9.17) is 10.0 Å². The summed E-state index contributed by atoms with van der Waals surface area (Å²) in [6.07, 6.45) is 1.31. The second-order valence-electron chi connectivity index (χ2n) is 2.45. The number of benzene rings is 1. The van der Waals surface area contributed by atoms with Crippen molar-refractivity contribution in [1.29, 1.82) is 10.0 Å². The van der Waals surface area contributed by atoms with Gasteiger partial charge in [0.25, 0.3) is 0 Å². The normalized spacial score (nSPS) is 14.7. The van der Waals surface area contributed by atoms with Crippen LogP contribution in [0.3, 0.4) is 0 Å². The summed E-state index contributed by atoms with van der Waals surface area (Å²) >= 11 is 0. The standard InChI is InChI=1S/C8H8N2OS/c1-12(10,11)8-5-3-2-4-7(8)6-9/h2-5,10H,1H3. The third-order valence-corrected chi connectivity index (χ3v) is 2.62. The van der Waals surface area contributed by atoms with Crippen molar-refractivity contribution in [3.63, 3.8) is 0 Å². The SMILES string of the molecule is CS(=N)(=O)c1ccccc1C#N. The molecule has 0 spiro atoms. The topological polar surface area (TPSA) is 64.7 Å². The van der Waals surface area contributed by atoms with E-state index in [0.29, 0.717) is 10.5 Å². The van der Waals surface area contributed by atoms with Gasteiger partial charge in [0.1, 0.15) is 6.07 Å². The van der Waals surface area contributed by atoms with Crippen LogP contribution in [0.1, 0.15) is 5.56 Å². The largest absolute Gasteiger partial charge is 0.249 e. The fourth-order valence-corrected chi connectivity index (χ4v) is 1.77. The minimum atomic E-state index is -2.77. The molecule has 0 aromatic heterocycles. The summed E-state index contributed by atoms with van der Waals surface area (Å²) in [5, 5.41) is 8.62. The van der Waals surface area contributed by atoms with Crippen molar-refractivity contribution in [3.05, 3.63) is 29.8 Å². The first-order valence-corrected chi connectivity index (χ1v) is 5.25. The number of nitriles is 1. The molecule has 1 aromatic rings. The third-order valence-electron chi connectivity index (χ3n) is 1.43. The summed E-state index contributed by atoms with van der Waals surface area (Å²) in [6, 6.07) is 8.38. The van der Waals surface area contributed by atoms with Gasteiger partial charge in [0.15, 0.2) is 0 Å². The Morgan fingerprint density at radius 3 is 2.50 bits per heavy atom. The first-order chi connectivity index (χ1) is 5.55. The molecule has 1 aromatic carbocycles. The van der Waals surface area contributed by atoms with Crippen LogP contribution in [0.15, 0.2) is 29.2 Å². The van der Waals surface area contributed by atoms with Gasteiger partial charge in [0.05, 0.1) is 20.2 Å². The van der Waals surface area contributed by atoms with Gasteiger partial charge in [-0.15, -0.1) is 0 Å². The molecule has 0 amide bonds. The maximum atomic E-state index is 11.3. The number of hydrogen-bond donors (Lipinski definition) is 1. The molecule has 4 heteroatoms. The first kappa shape index (κ1) is 8.75. The van der Waals surface area contributed by atoms with Crippen molar-refractivity contribution < 1.29 is 4.21 Å². The Labute approximate surface area is 71.6 Å². The van der Waals surface area contributed by atoms with Crippen molar-refractivity contribution in [3.8, 4) is 6.07 Å². The number of hydrogen-bond acceptors (Lipinski definition) is 3. The van der Waals surface area contributed by atoms with Crippen LogP contribution in [0.25, 0.3) is 0 Å². The highest BCUT2D eigenvalue weighted by Crippen LogP contribution is 2.13. The van der Waals surface area contributed by atoms with Gasteiger partial charge in [-0.25, -0.2) is 8.99 Å². The molecule has 0 heterocycles. The quantitative estimate of drug-likeness (QED) is 0.713. The summed E-state index contributed by atoms with van der Waals surface area (Å²) in [5.74, 6) is 0. The second kappa shape index (κ2) is 2.95.